The largest absolute Gasteiger partial charge is 0.326 e. The second-order valence-corrected chi connectivity index (χ2v) is 10.3. The molecule has 0 aliphatic carbocycles. The van der Waals surface area contributed by atoms with Gasteiger partial charge >= 0.3 is 0 Å². The topological polar surface area (TPSA) is 66.5 Å². The molecule has 2 aromatic rings. The van der Waals surface area contributed by atoms with Crippen molar-refractivity contribution in [2.24, 2.45) is 0 Å². The van der Waals surface area contributed by atoms with Gasteiger partial charge in [0.05, 0.1) is 4.90 Å². The van der Waals surface area contributed by atoms with Gasteiger partial charge in [-0.15, -0.1) is 0 Å². The molecule has 1 saturated heterocycles. The molecular formula is C21H24F2N2O3S2. The number of rotatable bonds is 5. The van der Waals surface area contributed by atoms with Crippen LogP contribution in [-0.4, -0.2) is 37.5 Å². The van der Waals surface area contributed by atoms with Crippen molar-refractivity contribution in [2.45, 2.75) is 36.8 Å². The van der Waals surface area contributed by atoms with Crippen molar-refractivity contribution in [1.82, 2.24) is 4.31 Å². The van der Waals surface area contributed by atoms with Crippen molar-refractivity contribution in [1.29, 1.82) is 0 Å². The number of benzene rings is 2. The molecule has 1 aliphatic rings. The van der Waals surface area contributed by atoms with Crippen molar-refractivity contribution in [3.8, 4) is 0 Å². The molecule has 1 unspecified atom stereocenters. The highest BCUT2D eigenvalue weighted by molar-refractivity contribution is 7.99. The van der Waals surface area contributed by atoms with Crippen molar-refractivity contribution < 1.29 is 22.0 Å². The van der Waals surface area contributed by atoms with Crippen LogP contribution in [-0.2, 0) is 14.8 Å². The maximum atomic E-state index is 14.1. The van der Waals surface area contributed by atoms with E-state index in [1.165, 1.54) is 28.2 Å². The van der Waals surface area contributed by atoms with Gasteiger partial charge in [-0.3, -0.25) is 4.79 Å². The van der Waals surface area contributed by atoms with E-state index in [1.54, 1.807) is 26.0 Å². The zero-order chi connectivity index (χ0) is 21.9. The lowest BCUT2D eigenvalue weighted by molar-refractivity contribution is -0.115. The molecule has 9 heteroatoms. The molecule has 1 atom stereocenters. The molecule has 162 valence electrons. The zero-order valence-corrected chi connectivity index (χ0v) is 18.5. The van der Waals surface area contributed by atoms with Gasteiger partial charge in [0.1, 0.15) is 11.6 Å². The molecule has 0 saturated carbocycles. The number of anilines is 1. The van der Waals surface area contributed by atoms with Gasteiger partial charge in [0, 0.05) is 41.8 Å². The number of thioether (sulfide) groups is 1. The number of hydrogen-bond donors (Lipinski definition) is 1. The Morgan fingerprint density at radius 1 is 1.20 bits per heavy atom. The molecule has 1 heterocycles. The third-order valence-corrected chi connectivity index (χ3v) is 8.37. The average molecular weight is 455 g/mol. The molecule has 2 aromatic carbocycles. The lowest BCUT2D eigenvalue weighted by Crippen LogP contribution is -2.33. The van der Waals surface area contributed by atoms with E-state index < -0.39 is 21.7 Å². The summed E-state index contributed by atoms with van der Waals surface area (Å²) in [6, 6.07) is 8.07. The molecule has 30 heavy (non-hydrogen) atoms. The smallest absolute Gasteiger partial charge is 0.243 e. The molecule has 0 bridgehead atoms. The molecule has 0 radical (unpaired) electrons. The highest BCUT2D eigenvalue weighted by Gasteiger charge is 2.30. The molecule has 1 aliphatic heterocycles. The van der Waals surface area contributed by atoms with E-state index in [0.717, 1.165) is 12.1 Å². The summed E-state index contributed by atoms with van der Waals surface area (Å²) < 4.78 is 55.5. The van der Waals surface area contributed by atoms with Gasteiger partial charge in [0.2, 0.25) is 15.9 Å². The Bertz CT molecular complexity index is 1040. The fourth-order valence-electron chi connectivity index (χ4n) is 3.41. The zero-order valence-electron chi connectivity index (χ0n) is 16.8. The van der Waals surface area contributed by atoms with Gasteiger partial charge in [-0.1, -0.05) is 6.92 Å². The predicted octanol–water partition coefficient (Wildman–Crippen LogP) is 4.49. The Kier molecular flexibility index (Phi) is 7.15. The number of sulfonamides is 1. The highest BCUT2D eigenvalue weighted by atomic mass is 32.2. The van der Waals surface area contributed by atoms with Crippen LogP contribution >= 0.6 is 11.8 Å². The SMILES string of the molecule is CCC(=O)Nc1ccc(S(=O)(=O)N2CCSC(c3cc(F)ccc3F)CC2)c(C)c1. The lowest BCUT2D eigenvalue weighted by atomic mass is 10.1. The van der Waals surface area contributed by atoms with E-state index in [2.05, 4.69) is 5.32 Å². The fourth-order valence-corrected chi connectivity index (χ4v) is 6.42. The summed E-state index contributed by atoms with van der Waals surface area (Å²) in [6.07, 6.45) is 0.714. The second kappa shape index (κ2) is 9.45. The number of nitrogens with zero attached hydrogens (tertiary/aromatic N) is 1. The number of nitrogens with one attached hydrogen (secondary N) is 1. The normalized spacial score (nSPS) is 18.1. The van der Waals surface area contributed by atoms with Gasteiger partial charge in [-0.25, -0.2) is 17.2 Å². The van der Waals surface area contributed by atoms with Crippen LogP contribution in [0.2, 0.25) is 0 Å². The molecule has 3 rings (SSSR count). The van der Waals surface area contributed by atoms with E-state index in [-0.39, 0.29) is 34.7 Å². The van der Waals surface area contributed by atoms with Crippen LogP contribution in [0.5, 0.6) is 0 Å². The second-order valence-electron chi connectivity index (χ2n) is 7.10. The van der Waals surface area contributed by atoms with Crippen molar-refractivity contribution in [3.05, 3.63) is 59.2 Å². The Morgan fingerprint density at radius 3 is 2.67 bits per heavy atom. The number of carbonyl (C=O) groups excluding carboxylic acids is 1. The lowest BCUT2D eigenvalue weighted by Gasteiger charge is -2.21. The molecule has 0 aromatic heterocycles. The first-order valence-electron chi connectivity index (χ1n) is 9.69. The molecular weight excluding hydrogens is 430 g/mol. The van der Waals surface area contributed by atoms with E-state index in [1.807, 2.05) is 0 Å². The molecule has 1 N–H and O–H groups in total. The van der Waals surface area contributed by atoms with Gasteiger partial charge in [-0.2, -0.15) is 16.1 Å². The van der Waals surface area contributed by atoms with E-state index >= 15 is 0 Å². The van der Waals surface area contributed by atoms with Gasteiger partial charge in [-0.05, 0) is 55.3 Å². The average Bonchev–Trinajstić information content (AvgIpc) is 2.96. The quantitative estimate of drug-likeness (QED) is 0.723. The molecule has 0 spiro atoms. The van der Waals surface area contributed by atoms with Crippen molar-refractivity contribution >= 4 is 33.4 Å². The summed E-state index contributed by atoms with van der Waals surface area (Å²) in [5, 5.41) is 2.41. The number of aryl methyl sites for hydroxylation is 1. The van der Waals surface area contributed by atoms with E-state index in [4.69, 9.17) is 0 Å². The van der Waals surface area contributed by atoms with E-state index in [9.17, 15) is 22.0 Å². The Balaban J connectivity index is 1.78. The van der Waals surface area contributed by atoms with Crippen LogP contribution in [0.25, 0.3) is 0 Å². The fraction of sp³-hybridized carbons (Fsp3) is 0.381. The summed E-state index contributed by atoms with van der Waals surface area (Å²) in [4.78, 5) is 11.7. The van der Waals surface area contributed by atoms with Crippen LogP contribution in [0.4, 0.5) is 14.5 Å². The maximum absolute atomic E-state index is 14.1. The van der Waals surface area contributed by atoms with Crippen LogP contribution in [0.3, 0.4) is 0 Å². The molecule has 1 amide bonds. The number of halogens is 2. The van der Waals surface area contributed by atoms with Crippen molar-refractivity contribution in [3.63, 3.8) is 0 Å². The third-order valence-electron chi connectivity index (χ3n) is 5.00. The van der Waals surface area contributed by atoms with Crippen LogP contribution in [0, 0.1) is 18.6 Å². The Hall–Kier alpha value is -1.97. The number of hydrogen-bond acceptors (Lipinski definition) is 4. The molecule has 5 nitrogen and oxygen atoms in total. The summed E-state index contributed by atoms with van der Waals surface area (Å²) in [5.74, 6) is -0.661. The summed E-state index contributed by atoms with van der Waals surface area (Å²) in [5.41, 5.74) is 1.35. The first-order chi connectivity index (χ1) is 14.2. The first kappa shape index (κ1) is 22.7. The van der Waals surface area contributed by atoms with E-state index in [0.29, 0.717) is 29.8 Å². The maximum Gasteiger partial charge on any atom is 0.243 e. The van der Waals surface area contributed by atoms with Crippen LogP contribution < -0.4 is 5.32 Å². The number of amides is 1. The van der Waals surface area contributed by atoms with Gasteiger partial charge in [0.15, 0.2) is 0 Å². The third kappa shape index (κ3) is 5.01. The Morgan fingerprint density at radius 2 is 1.97 bits per heavy atom. The standard InChI is InChI=1S/C21H24F2N2O3S2/c1-3-21(26)24-16-5-7-20(14(2)12-16)30(27,28)25-9-8-19(29-11-10-25)17-13-15(22)4-6-18(17)23/h4-7,12-13,19H,3,8-11H2,1-2H3,(H,24,26). The number of carbonyl (C=O) groups is 1. The monoisotopic (exact) mass is 454 g/mol. The van der Waals surface area contributed by atoms with Crippen molar-refractivity contribution in [2.75, 3.05) is 24.2 Å². The minimum absolute atomic E-state index is 0.148. The first-order valence-corrected chi connectivity index (χ1v) is 12.2. The minimum Gasteiger partial charge on any atom is -0.326 e. The molecule has 1 fully saturated rings. The summed E-state index contributed by atoms with van der Waals surface area (Å²) >= 11 is 1.43. The minimum atomic E-state index is -3.75. The van der Waals surface area contributed by atoms with Gasteiger partial charge < -0.3 is 5.32 Å². The van der Waals surface area contributed by atoms with Gasteiger partial charge in [0.25, 0.3) is 0 Å². The van der Waals surface area contributed by atoms with Crippen LogP contribution in [0.15, 0.2) is 41.3 Å². The highest BCUT2D eigenvalue weighted by Crippen LogP contribution is 2.37. The summed E-state index contributed by atoms with van der Waals surface area (Å²) in [6.45, 7) is 3.92. The summed E-state index contributed by atoms with van der Waals surface area (Å²) in [7, 11) is -3.75. The van der Waals surface area contributed by atoms with Crippen LogP contribution in [0.1, 0.15) is 36.1 Å². The Labute approximate surface area is 179 Å². The predicted molar refractivity (Wildman–Crippen MR) is 115 cm³/mol.